The summed E-state index contributed by atoms with van der Waals surface area (Å²) in [5.41, 5.74) is 7.98. The molecule has 1 saturated carbocycles. The number of methoxy groups -OCH3 is 1. The van der Waals surface area contributed by atoms with Crippen molar-refractivity contribution < 1.29 is 28.2 Å². The Bertz CT molecular complexity index is 2580. The molecule has 1 amide bonds. The highest BCUT2D eigenvalue weighted by Crippen LogP contribution is 2.43. The Hall–Kier alpha value is -5.09. The molecule has 4 unspecified atom stereocenters. The number of nitrogens with one attached hydrogen (secondary N) is 1. The molecular formula is C53H69FN8O5S. The van der Waals surface area contributed by atoms with Gasteiger partial charge in [0, 0.05) is 111 Å². The van der Waals surface area contributed by atoms with Gasteiger partial charge >= 0.3 is 5.97 Å². The first kappa shape index (κ1) is 49.3. The molecule has 1 N–H and O–H groups in total. The van der Waals surface area contributed by atoms with E-state index in [0.29, 0.717) is 31.6 Å². The van der Waals surface area contributed by atoms with Crippen molar-refractivity contribution in [3.63, 3.8) is 0 Å². The molecule has 4 aromatic heterocycles. The fourth-order valence-electron chi connectivity index (χ4n) is 10.5. The van der Waals surface area contributed by atoms with Crippen LogP contribution in [-0.2, 0) is 49.7 Å². The summed E-state index contributed by atoms with van der Waals surface area (Å²) in [5.74, 6) is -0.901. The van der Waals surface area contributed by atoms with Crippen LogP contribution >= 0.6 is 11.3 Å². The van der Waals surface area contributed by atoms with Gasteiger partial charge in [0.25, 0.3) is 0 Å². The maximum absolute atomic E-state index is 14.6. The number of ether oxygens (including phenoxy) is 2. The Morgan fingerprint density at radius 1 is 1.04 bits per heavy atom. The summed E-state index contributed by atoms with van der Waals surface area (Å²) in [5, 5.41) is 6.87. The van der Waals surface area contributed by atoms with Crippen LogP contribution < -0.4 is 10.2 Å². The number of piperazine rings is 1. The number of nitrogens with zero attached hydrogens (tertiary/aromatic N) is 7. The van der Waals surface area contributed by atoms with Crippen LogP contribution in [0, 0.1) is 17.2 Å². The van der Waals surface area contributed by atoms with E-state index in [9.17, 15) is 18.8 Å². The molecule has 1 aliphatic carbocycles. The normalized spacial score (nSPS) is 18.6. The number of esters is 1. The van der Waals surface area contributed by atoms with E-state index in [-0.39, 0.29) is 48.8 Å². The van der Waals surface area contributed by atoms with Crippen LogP contribution in [0.15, 0.2) is 54.2 Å². The number of amides is 1. The van der Waals surface area contributed by atoms with Crippen molar-refractivity contribution in [3.8, 4) is 22.5 Å². The summed E-state index contributed by atoms with van der Waals surface area (Å²) in [6.07, 6.45) is 9.76. The van der Waals surface area contributed by atoms with Gasteiger partial charge in [-0.15, -0.1) is 11.3 Å². The number of rotatable bonds is 20. The number of hydrogen-bond acceptors (Lipinski definition) is 12. The van der Waals surface area contributed by atoms with Crippen molar-refractivity contribution in [1.82, 2.24) is 34.6 Å². The lowest BCUT2D eigenvalue weighted by atomic mass is 9.84. The van der Waals surface area contributed by atoms with Crippen LogP contribution in [0.1, 0.15) is 102 Å². The van der Waals surface area contributed by atoms with E-state index >= 15 is 0 Å². The Kier molecular flexibility index (Phi) is 15.4. The summed E-state index contributed by atoms with van der Waals surface area (Å²) in [6, 6.07) is 11.2. The summed E-state index contributed by atoms with van der Waals surface area (Å²) in [4.78, 5) is 60.5. The second kappa shape index (κ2) is 21.3. The van der Waals surface area contributed by atoms with Gasteiger partial charge in [-0.3, -0.25) is 29.4 Å². The highest BCUT2D eigenvalue weighted by atomic mass is 32.1. The van der Waals surface area contributed by atoms with Crippen molar-refractivity contribution in [3.05, 3.63) is 81.9 Å². The van der Waals surface area contributed by atoms with Crippen LogP contribution in [0.2, 0.25) is 0 Å². The van der Waals surface area contributed by atoms with Crippen molar-refractivity contribution in [2.75, 3.05) is 51.3 Å². The number of hydrogen-bond donors (Lipinski definition) is 1. The standard InChI is InChI=1S/C53H69FN8O5S/c1-9-61-47-17-14-36(46-31-68-48(58-46)25-37(30-63)57-52(65)50(33(2)3)62-19-11-12-39(62)27-45-44(54)13-10-18-55-45)24-41(47)43(28-53(6,7)32-67-35(5)64)51(61)42-26-40(29-56-49(42)34(4)66-8)60-22-20-59(21-23-60)38-15-16-38/h10,13-14,17-18,24,26,29-31,33-34,37-39,50H,9,11-12,15-16,19-23,25,27-28,32H2,1-8H3,(H,57,65). The van der Waals surface area contributed by atoms with E-state index in [4.69, 9.17) is 19.4 Å². The first-order chi connectivity index (χ1) is 32.7. The Balaban J connectivity index is 1.09. The molecule has 1 aromatic carbocycles. The zero-order valence-electron chi connectivity index (χ0n) is 41.1. The number of fused-ring (bicyclic) bond motifs is 1. The zero-order chi connectivity index (χ0) is 48.3. The number of benzene rings is 1. The maximum Gasteiger partial charge on any atom is 0.302 e. The molecule has 0 bridgehead atoms. The monoisotopic (exact) mass is 949 g/mol. The molecule has 2 aliphatic heterocycles. The first-order valence-electron chi connectivity index (χ1n) is 24.5. The topological polar surface area (TPSA) is 135 Å². The molecule has 3 fully saturated rings. The van der Waals surface area contributed by atoms with Gasteiger partial charge in [0.1, 0.15) is 12.1 Å². The number of aryl methyl sites for hydroxylation is 1. The van der Waals surface area contributed by atoms with Gasteiger partial charge in [-0.1, -0.05) is 33.8 Å². The molecule has 2 saturated heterocycles. The maximum atomic E-state index is 14.6. The second-order valence-corrected chi connectivity index (χ2v) is 21.1. The molecule has 364 valence electrons. The van der Waals surface area contributed by atoms with Crippen LogP contribution in [0.25, 0.3) is 33.4 Å². The number of anilines is 1. The van der Waals surface area contributed by atoms with Crippen molar-refractivity contribution in [2.45, 2.75) is 130 Å². The fraction of sp³-hybridized carbons (Fsp3) is 0.547. The predicted molar refractivity (Wildman–Crippen MR) is 266 cm³/mol. The van der Waals surface area contributed by atoms with Gasteiger partial charge in [0.05, 0.1) is 64.5 Å². The number of pyridine rings is 2. The third kappa shape index (κ3) is 11.0. The summed E-state index contributed by atoms with van der Waals surface area (Å²) < 4.78 is 28.6. The highest BCUT2D eigenvalue weighted by molar-refractivity contribution is 7.10. The zero-order valence-corrected chi connectivity index (χ0v) is 41.9. The average molecular weight is 949 g/mol. The van der Waals surface area contributed by atoms with Crippen LogP contribution in [-0.4, -0.2) is 118 Å². The fourth-order valence-corrected chi connectivity index (χ4v) is 11.3. The molecule has 6 heterocycles. The van der Waals surface area contributed by atoms with E-state index in [2.05, 4.69) is 74.6 Å². The number of aromatic nitrogens is 4. The Labute approximate surface area is 404 Å². The molecule has 8 rings (SSSR count). The number of halogens is 1. The van der Waals surface area contributed by atoms with E-state index in [1.165, 1.54) is 37.2 Å². The molecule has 5 aromatic rings. The third-order valence-electron chi connectivity index (χ3n) is 14.1. The van der Waals surface area contributed by atoms with Gasteiger partial charge in [-0.2, -0.15) is 0 Å². The molecule has 4 atom stereocenters. The SMILES string of the molecule is CCn1c(-c2cc(N3CCN(C4CC4)CC3)cnc2C(C)OC)c(CC(C)(C)COC(C)=O)c2cc(-c3csc(CC(C=O)NC(=O)C(C(C)C)N4CCCC4Cc4ncccc4F)n3)ccc21. The lowest BCUT2D eigenvalue weighted by molar-refractivity contribution is -0.144. The molecular weight excluding hydrogens is 880 g/mol. The van der Waals surface area contributed by atoms with Crippen molar-refractivity contribution in [2.24, 2.45) is 11.3 Å². The minimum Gasteiger partial charge on any atom is -0.465 e. The van der Waals surface area contributed by atoms with Gasteiger partial charge in [-0.05, 0) is 94.3 Å². The van der Waals surface area contributed by atoms with Gasteiger partial charge in [-0.25, -0.2) is 9.37 Å². The number of thiazole rings is 1. The van der Waals surface area contributed by atoms with Crippen molar-refractivity contribution >= 4 is 46.1 Å². The Morgan fingerprint density at radius 2 is 1.82 bits per heavy atom. The average Bonchev–Trinajstić information content (AvgIpc) is 3.79. The van der Waals surface area contributed by atoms with E-state index < -0.39 is 17.5 Å². The number of aldehydes is 1. The van der Waals surface area contributed by atoms with Gasteiger partial charge in [0.15, 0.2) is 0 Å². The summed E-state index contributed by atoms with van der Waals surface area (Å²) in [6.45, 7) is 19.6. The third-order valence-corrected chi connectivity index (χ3v) is 15.0. The number of likely N-dealkylation sites (tertiary alicyclic amines) is 1. The summed E-state index contributed by atoms with van der Waals surface area (Å²) in [7, 11) is 1.72. The van der Waals surface area contributed by atoms with E-state index in [1.54, 1.807) is 19.4 Å². The molecule has 15 heteroatoms. The number of carbonyl (C=O) groups is 3. The molecule has 3 aliphatic rings. The minimum absolute atomic E-state index is 0.0347. The Morgan fingerprint density at radius 3 is 2.50 bits per heavy atom. The van der Waals surface area contributed by atoms with E-state index in [0.717, 1.165) is 107 Å². The number of carbonyl (C=O) groups excluding carboxylic acids is 3. The molecule has 13 nitrogen and oxygen atoms in total. The molecule has 68 heavy (non-hydrogen) atoms. The minimum atomic E-state index is -0.776. The smallest absolute Gasteiger partial charge is 0.302 e. The van der Waals surface area contributed by atoms with Crippen LogP contribution in [0.5, 0.6) is 0 Å². The lowest BCUT2D eigenvalue weighted by Crippen LogP contribution is -2.54. The largest absolute Gasteiger partial charge is 0.465 e. The van der Waals surface area contributed by atoms with Gasteiger partial charge < -0.3 is 29.1 Å². The second-order valence-electron chi connectivity index (χ2n) is 20.1. The van der Waals surface area contributed by atoms with Crippen molar-refractivity contribution in [1.29, 1.82) is 0 Å². The van der Waals surface area contributed by atoms with E-state index in [1.807, 2.05) is 32.3 Å². The molecule has 0 spiro atoms. The molecule has 0 radical (unpaired) electrons. The lowest BCUT2D eigenvalue weighted by Gasteiger charge is -2.36. The predicted octanol–water partition coefficient (Wildman–Crippen LogP) is 8.46. The highest BCUT2D eigenvalue weighted by Gasteiger charge is 2.38. The van der Waals surface area contributed by atoms with Gasteiger partial charge in [0.2, 0.25) is 5.91 Å². The van der Waals surface area contributed by atoms with Crippen LogP contribution in [0.4, 0.5) is 10.1 Å². The summed E-state index contributed by atoms with van der Waals surface area (Å²) >= 11 is 1.47. The quantitative estimate of drug-likeness (QED) is 0.0595. The first-order valence-corrected chi connectivity index (χ1v) is 25.4. The van der Waals surface area contributed by atoms with Crippen LogP contribution in [0.3, 0.4) is 0 Å².